The second-order valence-electron chi connectivity index (χ2n) is 5.72. The Hall–Kier alpha value is -1.67. The van der Waals surface area contributed by atoms with Gasteiger partial charge in [0, 0.05) is 5.56 Å². The molecule has 1 saturated heterocycles. The topological polar surface area (TPSA) is 57.9 Å². The third-order valence-corrected chi connectivity index (χ3v) is 6.98. The van der Waals surface area contributed by atoms with Crippen LogP contribution >= 0.6 is 0 Å². The van der Waals surface area contributed by atoms with Crippen molar-refractivity contribution in [3.63, 3.8) is 0 Å². The standard InChI is InChI=1S/C16H16FNO2S/c17-16-10-12(5-4-11(16)6-7-18)13-8-14-2-1-3-15(9-13)21(14,19)20/h4-5,8,10,14-15H,1-3,6,9H2. The summed E-state index contributed by atoms with van der Waals surface area (Å²) in [5.41, 5.74) is 2.04. The van der Waals surface area contributed by atoms with Gasteiger partial charge in [-0.15, -0.1) is 0 Å². The molecular weight excluding hydrogens is 289 g/mol. The van der Waals surface area contributed by atoms with E-state index in [9.17, 15) is 12.8 Å². The van der Waals surface area contributed by atoms with Crippen LogP contribution < -0.4 is 0 Å². The molecule has 3 rings (SSSR count). The molecule has 0 spiro atoms. The molecule has 0 aliphatic carbocycles. The van der Waals surface area contributed by atoms with E-state index in [2.05, 4.69) is 0 Å². The fraction of sp³-hybridized carbons (Fsp3) is 0.438. The zero-order valence-corrected chi connectivity index (χ0v) is 12.4. The first-order chi connectivity index (χ1) is 10.0. The zero-order valence-electron chi connectivity index (χ0n) is 11.5. The van der Waals surface area contributed by atoms with Crippen LogP contribution in [0.5, 0.6) is 0 Å². The van der Waals surface area contributed by atoms with Gasteiger partial charge >= 0.3 is 0 Å². The maximum atomic E-state index is 13.9. The van der Waals surface area contributed by atoms with Crippen molar-refractivity contribution < 1.29 is 12.8 Å². The Labute approximate surface area is 124 Å². The van der Waals surface area contributed by atoms with Crippen LogP contribution in [0.15, 0.2) is 24.3 Å². The molecule has 0 aromatic heterocycles. The molecule has 21 heavy (non-hydrogen) atoms. The third-order valence-electron chi connectivity index (χ3n) is 4.43. The molecule has 1 fully saturated rings. The van der Waals surface area contributed by atoms with Crippen LogP contribution in [0.1, 0.15) is 36.8 Å². The highest BCUT2D eigenvalue weighted by atomic mass is 32.2. The van der Waals surface area contributed by atoms with Gasteiger partial charge in [0.1, 0.15) is 5.82 Å². The first-order valence-corrected chi connectivity index (χ1v) is 8.72. The maximum absolute atomic E-state index is 13.9. The van der Waals surface area contributed by atoms with Crippen LogP contribution in [0.2, 0.25) is 0 Å². The van der Waals surface area contributed by atoms with Gasteiger partial charge in [-0.1, -0.05) is 24.6 Å². The molecule has 110 valence electrons. The van der Waals surface area contributed by atoms with Gasteiger partial charge in [0.2, 0.25) is 0 Å². The monoisotopic (exact) mass is 305 g/mol. The SMILES string of the molecule is N#CCc1ccc(C2=CC3CCCC(C2)S3(=O)=O)cc1F. The summed E-state index contributed by atoms with van der Waals surface area (Å²) < 4.78 is 38.4. The minimum Gasteiger partial charge on any atom is -0.228 e. The summed E-state index contributed by atoms with van der Waals surface area (Å²) in [5.74, 6) is -0.395. The summed E-state index contributed by atoms with van der Waals surface area (Å²) in [4.78, 5) is 0. The van der Waals surface area contributed by atoms with Crippen LogP contribution in [0, 0.1) is 17.1 Å². The molecule has 5 heteroatoms. The van der Waals surface area contributed by atoms with Crippen molar-refractivity contribution in [1.82, 2.24) is 0 Å². The lowest BCUT2D eigenvalue weighted by atomic mass is 9.92. The molecule has 1 aromatic carbocycles. The molecule has 2 bridgehead atoms. The van der Waals surface area contributed by atoms with Gasteiger partial charge in [-0.3, -0.25) is 0 Å². The number of rotatable bonds is 2. The third kappa shape index (κ3) is 2.49. The van der Waals surface area contributed by atoms with Crippen molar-refractivity contribution in [2.75, 3.05) is 0 Å². The van der Waals surface area contributed by atoms with Crippen LogP contribution in [0.4, 0.5) is 4.39 Å². The summed E-state index contributed by atoms with van der Waals surface area (Å²) in [6.07, 6.45) is 4.61. The van der Waals surface area contributed by atoms with E-state index < -0.39 is 20.9 Å². The summed E-state index contributed by atoms with van der Waals surface area (Å²) in [5, 5.41) is 7.90. The molecular formula is C16H16FNO2S. The minimum atomic E-state index is -3.05. The van der Waals surface area contributed by atoms with Gasteiger partial charge in [0.15, 0.2) is 9.84 Å². The number of fused-ring (bicyclic) bond motifs is 2. The first-order valence-electron chi connectivity index (χ1n) is 7.11. The van der Waals surface area contributed by atoms with E-state index >= 15 is 0 Å². The maximum Gasteiger partial charge on any atom is 0.159 e. The van der Waals surface area contributed by atoms with E-state index in [1.165, 1.54) is 6.07 Å². The Morgan fingerprint density at radius 3 is 2.81 bits per heavy atom. The smallest absolute Gasteiger partial charge is 0.159 e. The van der Waals surface area contributed by atoms with Crippen LogP contribution in [-0.2, 0) is 16.3 Å². The lowest BCUT2D eigenvalue weighted by molar-refractivity contribution is 0.518. The molecule has 0 N–H and O–H groups in total. The highest BCUT2D eigenvalue weighted by Crippen LogP contribution is 2.39. The Bertz CT molecular complexity index is 746. The number of halogens is 1. The van der Waals surface area contributed by atoms with Gasteiger partial charge in [0.25, 0.3) is 0 Å². The van der Waals surface area contributed by atoms with E-state index in [4.69, 9.17) is 5.26 Å². The molecule has 1 aromatic rings. The highest BCUT2D eigenvalue weighted by Gasteiger charge is 2.40. The molecule has 2 heterocycles. The summed E-state index contributed by atoms with van der Waals surface area (Å²) in [6, 6.07) is 6.76. The Kier molecular flexibility index (Phi) is 3.58. The van der Waals surface area contributed by atoms with E-state index in [0.29, 0.717) is 24.8 Å². The quantitative estimate of drug-likeness (QED) is 0.844. The van der Waals surface area contributed by atoms with Gasteiger partial charge in [-0.2, -0.15) is 5.26 Å². The average Bonchev–Trinajstić information content (AvgIpc) is 2.40. The number of nitrogens with zero attached hydrogens (tertiary/aromatic N) is 1. The largest absolute Gasteiger partial charge is 0.228 e. The van der Waals surface area contributed by atoms with Crippen molar-refractivity contribution >= 4 is 15.4 Å². The second kappa shape index (κ2) is 5.27. The van der Waals surface area contributed by atoms with Gasteiger partial charge in [-0.25, -0.2) is 12.8 Å². The highest BCUT2D eigenvalue weighted by molar-refractivity contribution is 7.93. The number of allylic oxidation sites excluding steroid dienone is 1. The van der Waals surface area contributed by atoms with Crippen molar-refractivity contribution in [2.45, 2.75) is 42.6 Å². The number of nitriles is 1. The summed E-state index contributed by atoms with van der Waals surface area (Å²) in [7, 11) is -3.05. The van der Waals surface area contributed by atoms with Crippen molar-refractivity contribution in [1.29, 1.82) is 5.26 Å². The molecule has 3 nitrogen and oxygen atoms in total. The second-order valence-corrected chi connectivity index (χ2v) is 8.17. The summed E-state index contributed by atoms with van der Waals surface area (Å²) >= 11 is 0. The molecule has 2 aliphatic heterocycles. The number of hydrogen-bond donors (Lipinski definition) is 0. The molecule has 2 aliphatic rings. The van der Waals surface area contributed by atoms with Gasteiger partial charge < -0.3 is 0 Å². The van der Waals surface area contributed by atoms with Crippen LogP contribution in [0.3, 0.4) is 0 Å². The lowest BCUT2D eigenvalue weighted by Gasteiger charge is -2.33. The molecule has 2 atom stereocenters. The fourth-order valence-corrected chi connectivity index (χ4v) is 5.50. The van der Waals surface area contributed by atoms with Crippen molar-refractivity contribution in [3.8, 4) is 6.07 Å². The van der Waals surface area contributed by atoms with Crippen molar-refractivity contribution in [2.24, 2.45) is 0 Å². The number of benzene rings is 1. The molecule has 2 unspecified atom stereocenters. The van der Waals surface area contributed by atoms with E-state index in [0.717, 1.165) is 17.6 Å². The molecule has 0 radical (unpaired) electrons. The number of sulfone groups is 1. The summed E-state index contributed by atoms with van der Waals surface area (Å²) in [6.45, 7) is 0. The Morgan fingerprint density at radius 1 is 1.33 bits per heavy atom. The van der Waals surface area contributed by atoms with Gasteiger partial charge in [0.05, 0.1) is 23.0 Å². The lowest BCUT2D eigenvalue weighted by Crippen LogP contribution is -2.38. The molecule has 0 amide bonds. The number of hydrogen-bond acceptors (Lipinski definition) is 3. The zero-order chi connectivity index (χ0) is 15.0. The van der Waals surface area contributed by atoms with E-state index in [1.807, 2.05) is 6.07 Å². The Morgan fingerprint density at radius 2 is 2.14 bits per heavy atom. The first kappa shape index (κ1) is 14.3. The predicted molar refractivity (Wildman–Crippen MR) is 78.7 cm³/mol. The Balaban J connectivity index is 1.97. The van der Waals surface area contributed by atoms with E-state index in [1.54, 1.807) is 18.2 Å². The van der Waals surface area contributed by atoms with Crippen molar-refractivity contribution in [3.05, 3.63) is 41.2 Å². The molecule has 0 saturated carbocycles. The minimum absolute atomic E-state index is 0.0464. The van der Waals surface area contributed by atoms with Crippen LogP contribution in [0.25, 0.3) is 5.57 Å². The van der Waals surface area contributed by atoms with Gasteiger partial charge in [-0.05, 0) is 36.5 Å². The average molecular weight is 305 g/mol. The fourth-order valence-electron chi connectivity index (χ4n) is 3.25. The van der Waals surface area contributed by atoms with E-state index in [-0.39, 0.29) is 11.7 Å². The van der Waals surface area contributed by atoms with Crippen LogP contribution in [-0.4, -0.2) is 18.9 Å². The normalized spacial score (nSPS) is 26.8. The predicted octanol–water partition coefficient (Wildman–Crippen LogP) is 3.01.